The molecule has 0 bridgehead atoms. The molecule has 2 fully saturated rings. The van der Waals surface area contributed by atoms with Gasteiger partial charge in [-0.05, 0) is 67.4 Å². The first-order valence-electron chi connectivity index (χ1n) is 14.7. The van der Waals surface area contributed by atoms with Crippen LogP contribution >= 0.6 is 0 Å². The maximum atomic E-state index is 13.5. The molecule has 1 amide bonds. The molecule has 0 saturated carbocycles. The van der Waals surface area contributed by atoms with Gasteiger partial charge >= 0.3 is 0 Å². The van der Waals surface area contributed by atoms with E-state index in [2.05, 4.69) is 20.2 Å². The summed E-state index contributed by atoms with van der Waals surface area (Å²) in [6, 6.07) is 14.6. The van der Waals surface area contributed by atoms with Gasteiger partial charge in [-0.2, -0.15) is 9.57 Å². The van der Waals surface area contributed by atoms with Crippen molar-refractivity contribution in [3.05, 3.63) is 71.0 Å². The van der Waals surface area contributed by atoms with Gasteiger partial charge in [0, 0.05) is 64.2 Å². The maximum absolute atomic E-state index is 13.5. The van der Waals surface area contributed by atoms with Gasteiger partial charge in [0.25, 0.3) is 5.91 Å². The average molecular weight is 668 g/mol. The van der Waals surface area contributed by atoms with Crippen LogP contribution in [0.5, 0.6) is 0 Å². The molecule has 2 aliphatic rings. The van der Waals surface area contributed by atoms with Crippen LogP contribution in [0.3, 0.4) is 0 Å². The first-order valence-corrected chi connectivity index (χ1v) is 18.0. The van der Waals surface area contributed by atoms with Crippen molar-refractivity contribution < 1.29 is 21.6 Å². The fraction of sp³-hybridized carbons (Fsp3) is 0.400. The van der Waals surface area contributed by atoms with Crippen LogP contribution in [-0.2, 0) is 26.6 Å². The number of nitrogens with one attached hydrogen (secondary N) is 1. The minimum Gasteiger partial charge on any atom is -0.338 e. The second-order valence-electron chi connectivity index (χ2n) is 11.6. The molecule has 16 heteroatoms. The summed E-state index contributed by atoms with van der Waals surface area (Å²) in [6.07, 6.45) is 1.07. The minimum absolute atomic E-state index is 0.0716. The molecule has 3 N–H and O–H groups in total. The first-order chi connectivity index (χ1) is 21.8. The largest absolute Gasteiger partial charge is 0.338 e. The highest BCUT2D eigenvalue weighted by atomic mass is 32.2. The number of rotatable bonds is 10. The summed E-state index contributed by atoms with van der Waals surface area (Å²) < 4.78 is 54.0. The van der Waals surface area contributed by atoms with E-state index in [9.17, 15) is 26.9 Å². The number of aromatic nitrogens is 2. The van der Waals surface area contributed by atoms with Crippen molar-refractivity contribution in [3.63, 3.8) is 0 Å². The van der Waals surface area contributed by atoms with Crippen molar-refractivity contribution in [1.29, 1.82) is 5.26 Å². The fourth-order valence-corrected chi connectivity index (χ4v) is 7.41. The molecule has 3 aromatic rings. The molecular formula is C30H37N9O5S2. The van der Waals surface area contributed by atoms with Gasteiger partial charge in [0.1, 0.15) is 11.8 Å². The molecule has 2 aromatic carbocycles. The summed E-state index contributed by atoms with van der Waals surface area (Å²) in [7, 11) is -6.08. The molecule has 1 aromatic heterocycles. The third kappa shape index (κ3) is 7.29. The van der Waals surface area contributed by atoms with E-state index < -0.39 is 26.0 Å². The van der Waals surface area contributed by atoms with Crippen LogP contribution in [0.2, 0.25) is 0 Å². The lowest BCUT2D eigenvalue weighted by molar-refractivity contribution is 0.0976. The molecule has 0 radical (unpaired) electrons. The van der Waals surface area contributed by atoms with Crippen LogP contribution in [0.25, 0.3) is 0 Å². The topological polar surface area (TPSA) is 186 Å². The highest BCUT2D eigenvalue weighted by Crippen LogP contribution is 2.27. The number of hydrogen-bond donors (Lipinski definition) is 2. The number of nitriles is 1. The Labute approximate surface area is 269 Å². The number of piperazine rings is 1. The summed E-state index contributed by atoms with van der Waals surface area (Å²) in [5.41, 5.74) is 8.26. The smallest absolute Gasteiger partial charge is 0.257 e. The van der Waals surface area contributed by atoms with E-state index in [1.54, 1.807) is 31.2 Å². The molecule has 2 saturated heterocycles. The number of benzene rings is 2. The Hall–Kier alpha value is -4.14. The Morgan fingerprint density at radius 3 is 2.33 bits per heavy atom. The van der Waals surface area contributed by atoms with Crippen molar-refractivity contribution in [2.24, 2.45) is 11.7 Å². The van der Waals surface area contributed by atoms with Crippen molar-refractivity contribution in [2.75, 3.05) is 73.6 Å². The number of hydrogen-bond acceptors (Lipinski definition) is 11. The number of likely N-dealkylation sites (tertiary alicyclic amines) is 1. The minimum atomic E-state index is -3.83. The molecule has 244 valence electrons. The standard InChI is InChI=1S/C30H37N9O5S2/c1-21-14-25(17-32)35-30(33-21)38-10-12-39(13-11-38)46(43,44)26-7-5-24(6-8-26)34-29(40)27-15-22(18-37-19-23(16-31)20-37)4-9-28(27)36(2)45(3,41)42/h4-9,14-15,23H,10-13,16,18-20,31H2,1-3H3,(H,34,40). The van der Waals surface area contributed by atoms with Gasteiger partial charge < -0.3 is 16.0 Å². The summed E-state index contributed by atoms with van der Waals surface area (Å²) in [6.45, 7) is 5.83. The number of carbonyl (C=O) groups excluding carboxylic acids is 1. The lowest BCUT2D eigenvalue weighted by atomic mass is 9.99. The number of aryl methyl sites for hydroxylation is 1. The average Bonchev–Trinajstić information content (AvgIpc) is 3.01. The van der Waals surface area contributed by atoms with Crippen LogP contribution < -0.4 is 20.3 Å². The van der Waals surface area contributed by atoms with E-state index in [4.69, 9.17) is 5.73 Å². The zero-order valence-corrected chi connectivity index (χ0v) is 27.6. The lowest BCUT2D eigenvalue weighted by Crippen LogP contribution is -2.49. The van der Waals surface area contributed by atoms with Gasteiger partial charge in [0.05, 0.1) is 22.4 Å². The van der Waals surface area contributed by atoms with E-state index in [0.29, 0.717) is 49.4 Å². The molecule has 0 spiro atoms. The predicted molar refractivity (Wildman–Crippen MR) is 174 cm³/mol. The lowest BCUT2D eigenvalue weighted by Gasteiger charge is -2.38. The predicted octanol–water partition coefficient (Wildman–Crippen LogP) is 1.21. The highest BCUT2D eigenvalue weighted by Gasteiger charge is 2.30. The Morgan fingerprint density at radius 2 is 1.72 bits per heavy atom. The number of amides is 1. The number of sulfonamides is 2. The van der Waals surface area contributed by atoms with Crippen LogP contribution in [0, 0.1) is 24.2 Å². The third-order valence-corrected chi connectivity index (χ3v) is 11.2. The Bertz CT molecular complexity index is 1870. The highest BCUT2D eigenvalue weighted by molar-refractivity contribution is 7.92. The monoisotopic (exact) mass is 667 g/mol. The number of nitrogens with zero attached hydrogens (tertiary/aromatic N) is 7. The normalized spacial score (nSPS) is 16.5. The van der Waals surface area contributed by atoms with Gasteiger partial charge in [-0.15, -0.1) is 0 Å². The van der Waals surface area contributed by atoms with Gasteiger partial charge in [0.2, 0.25) is 26.0 Å². The molecule has 0 aliphatic carbocycles. The molecule has 14 nitrogen and oxygen atoms in total. The molecule has 0 unspecified atom stereocenters. The first kappa shape index (κ1) is 33.2. The van der Waals surface area contributed by atoms with Gasteiger partial charge in [-0.25, -0.2) is 26.8 Å². The molecule has 0 atom stereocenters. The Balaban J connectivity index is 1.28. The fourth-order valence-electron chi connectivity index (χ4n) is 5.47. The molecule has 5 rings (SSSR count). The van der Waals surface area contributed by atoms with E-state index in [-0.39, 0.29) is 34.9 Å². The van der Waals surface area contributed by atoms with E-state index >= 15 is 0 Å². The maximum Gasteiger partial charge on any atom is 0.257 e. The van der Waals surface area contributed by atoms with Gasteiger partial charge in [-0.3, -0.25) is 14.0 Å². The van der Waals surface area contributed by atoms with Gasteiger partial charge in [-0.1, -0.05) is 6.07 Å². The quantitative estimate of drug-likeness (QED) is 0.317. The second kappa shape index (κ2) is 13.3. The van der Waals surface area contributed by atoms with E-state index in [1.165, 1.54) is 35.6 Å². The van der Waals surface area contributed by atoms with Crippen molar-refractivity contribution >= 4 is 43.3 Å². The van der Waals surface area contributed by atoms with Crippen molar-refractivity contribution in [3.8, 4) is 6.07 Å². The molecule has 46 heavy (non-hydrogen) atoms. The SMILES string of the molecule is Cc1cc(C#N)nc(N2CCN(S(=O)(=O)c3ccc(NC(=O)c4cc(CN5CC(CN)C5)ccc4N(C)S(C)(=O)=O)cc3)CC2)n1. The zero-order valence-electron chi connectivity index (χ0n) is 25.9. The third-order valence-electron chi connectivity index (χ3n) is 8.14. The Kier molecular flexibility index (Phi) is 9.61. The number of nitrogens with two attached hydrogens (primary N) is 1. The molecular weight excluding hydrogens is 631 g/mol. The van der Waals surface area contributed by atoms with Crippen LogP contribution in [-0.4, -0.2) is 101 Å². The van der Waals surface area contributed by atoms with Gasteiger partial charge in [0.15, 0.2) is 0 Å². The number of carbonyl (C=O) groups is 1. The zero-order chi connectivity index (χ0) is 33.2. The summed E-state index contributed by atoms with van der Waals surface area (Å²) >= 11 is 0. The van der Waals surface area contributed by atoms with Crippen LogP contribution in [0.15, 0.2) is 53.4 Å². The summed E-state index contributed by atoms with van der Waals surface area (Å²) in [5.74, 6) is 0.313. The van der Waals surface area contributed by atoms with Crippen LogP contribution in [0.4, 0.5) is 17.3 Å². The molecule has 3 heterocycles. The van der Waals surface area contributed by atoms with Crippen molar-refractivity contribution in [2.45, 2.75) is 18.4 Å². The summed E-state index contributed by atoms with van der Waals surface area (Å²) in [4.78, 5) is 26.3. The van der Waals surface area contributed by atoms with Crippen LogP contribution in [0.1, 0.15) is 27.3 Å². The summed E-state index contributed by atoms with van der Waals surface area (Å²) in [5, 5.41) is 12.0. The van der Waals surface area contributed by atoms with E-state index in [0.717, 1.165) is 29.2 Å². The van der Waals surface area contributed by atoms with Crippen molar-refractivity contribution in [1.82, 2.24) is 19.2 Å². The molecule has 2 aliphatic heterocycles. The second-order valence-corrected chi connectivity index (χ2v) is 15.5. The number of anilines is 3. The Morgan fingerprint density at radius 1 is 1.04 bits per heavy atom. The van der Waals surface area contributed by atoms with E-state index in [1.807, 2.05) is 11.0 Å².